The van der Waals surface area contributed by atoms with E-state index < -0.39 is 11.9 Å². The Labute approximate surface area is 285 Å². The van der Waals surface area contributed by atoms with Crippen molar-refractivity contribution in [1.82, 2.24) is 40.7 Å². The molecule has 13 heteroatoms. The van der Waals surface area contributed by atoms with E-state index >= 15 is 0 Å². The molecule has 2 bridgehead atoms. The van der Waals surface area contributed by atoms with Gasteiger partial charge in [-0.25, -0.2) is 0 Å². The van der Waals surface area contributed by atoms with E-state index in [0.29, 0.717) is 49.6 Å². The second kappa shape index (κ2) is 16.3. The number of ether oxygens (including phenoxy) is 2. The van der Waals surface area contributed by atoms with E-state index in [2.05, 4.69) is 31.1 Å². The minimum atomic E-state index is -0.888. The monoisotopic (exact) mass is 668 g/mol. The Morgan fingerprint density at radius 3 is 2.65 bits per heavy atom. The van der Waals surface area contributed by atoms with Gasteiger partial charge in [-0.1, -0.05) is 60.9 Å². The molecule has 2 aromatic carbocycles. The Bertz CT molecular complexity index is 1710. The standard InChI is InChI=1S/C36H44N8O5/c1-48-31-15-8-14-28-33(31)49-21-9-18-44-24-27(40-42-44)16-19-43(36(47)29-23-38-41-32(29)26-12-6-3-7-13-26)20-17-37-35(46)30(39-34(28)45)22-25-10-4-2-5-11-25/h2,4-5,8,10-11,14-15,23-24,26,30H,3,6-7,9,12-13,16-22H2,1H3,(H,37,46)(H,38,41)(H,39,45)/t30-/m0/s1. The molecule has 3 N–H and O–H groups in total. The molecule has 258 valence electrons. The average molecular weight is 669 g/mol. The topological polar surface area (TPSA) is 156 Å². The number of hydrogen-bond acceptors (Lipinski definition) is 8. The largest absolute Gasteiger partial charge is 0.493 e. The molecule has 1 saturated carbocycles. The van der Waals surface area contributed by atoms with E-state index in [4.69, 9.17) is 9.47 Å². The van der Waals surface area contributed by atoms with E-state index in [-0.39, 0.29) is 42.8 Å². The Balaban J connectivity index is 1.26. The van der Waals surface area contributed by atoms with Gasteiger partial charge in [0.25, 0.3) is 11.8 Å². The third-order valence-electron chi connectivity index (χ3n) is 9.23. The first-order valence-electron chi connectivity index (χ1n) is 17.1. The molecule has 2 aromatic heterocycles. The summed E-state index contributed by atoms with van der Waals surface area (Å²) in [5.74, 6) is 0.0338. The minimum absolute atomic E-state index is 0.140. The van der Waals surface area contributed by atoms with Crippen LogP contribution in [0, 0.1) is 0 Å². The van der Waals surface area contributed by atoms with E-state index in [1.807, 2.05) is 36.5 Å². The van der Waals surface area contributed by atoms with Crippen LogP contribution in [-0.2, 0) is 24.2 Å². The van der Waals surface area contributed by atoms with Crippen LogP contribution in [0.5, 0.6) is 11.5 Å². The maximum atomic E-state index is 14.1. The number of H-pyrrole nitrogens is 1. The molecule has 49 heavy (non-hydrogen) atoms. The van der Waals surface area contributed by atoms with Crippen molar-refractivity contribution in [3.63, 3.8) is 0 Å². The zero-order chi connectivity index (χ0) is 34.0. The van der Waals surface area contributed by atoms with Gasteiger partial charge in [-0.15, -0.1) is 5.10 Å². The lowest BCUT2D eigenvalue weighted by Crippen LogP contribution is -2.50. The summed E-state index contributed by atoms with van der Waals surface area (Å²) >= 11 is 0. The van der Waals surface area contributed by atoms with Crippen LogP contribution >= 0.6 is 0 Å². The highest BCUT2D eigenvalue weighted by Gasteiger charge is 2.28. The Morgan fingerprint density at radius 1 is 1.00 bits per heavy atom. The number of amides is 3. The predicted octanol–water partition coefficient (Wildman–Crippen LogP) is 3.68. The van der Waals surface area contributed by atoms with Crippen molar-refractivity contribution in [2.75, 3.05) is 33.4 Å². The summed E-state index contributed by atoms with van der Waals surface area (Å²) in [5.41, 5.74) is 3.37. The van der Waals surface area contributed by atoms with Gasteiger partial charge in [-0.05, 0) is 30.5 Å². The number of hydrogen-bond donors (Lipinski definition) is 3. The van der Waals surface area contributed by atoms with Crippen LogP contribution in [0.4, 0.5) is 0 Å². The number of aromatic nitrogens is 5. The first-order chi connectivity index (χ1) is 24.0. The molecule has 3 amide bonds. The second-order valence-corrected chi connectivity index (χ2v) is 12.6. The summed E-state index contributed by atoms with van der Waals surface area (Å²) in [4.78, 5) is 43.4. The lowest BCUT2D eigenvalue weighted by atomic mass is 9.85. The highest BCUT2D eigenvalue weighted by atomic mass is 16.5. The molecule has 3 heterocycles. The van der Waals surface area contributed by atoms with Gasteiger partial charge >= 0.3 is 0 Å². The predicted molar refractivity (Wildman–Crippen MR) is 182 cm³/mol. The third-order valence-corrected chi connectivity index (χ3v) is 9.23. The van der Waals surface area contributed by atoms with E-state index in [0.717, 1.165) is 42.6 Å². The lowest BCUT2D eigenvalue weighted by Gasteiger charge is -2.26. The third kappa shape index (κ3) is 8.45. The fourth-order valence-corrected chi connectivity index (χ4v) is 6.60. The van der Waals surface area contributed by atoms with Crippen LogP contribution in [0.2, 0.25) is 0 Å². The van der Waals surface area contributed by atoms with Gasteiger partial charge in [-0.2, -0.15) is 5.10 Å². The molecule has 1 aliphatic carbocycles. The quantitative estimate of drug-likeness (QED) is 0.291. The SMILES string of the molecule is COc1cccc2c1OCCCn1cc(nn1)CCN(C(=O)c1cn[nH]c1C1CCCCC1)CCNC(=O)[C@H](Cc1ccccc1)NC2=O. The van der Waals surface area contributed by atoms with Crippen LogP contribution in [0.3, 0.4) is 0 Å². The van der Waals surface area contributed by atoms with Crippen LogP contribution < -0.4 is 20.1 Å². The lowest BCUT2D eigenvalue weighted by molar-refractivity contribution is -0.123. The van der Waals surface area contributed by atoms with E-state index in [1.165, 1.54) is 13.5 Å². The van der Waals surface area contributed by atoms with Gasteiger partial charge in [0.05, 0.1) is 42.4 Å². The number of aromatic amines is 1. The summed E-state index contributed by atoms with van der Waals surface area (Å²) in [6.45, 7) is 1.66. The number of benzene rings is 2. The molecule has 4 aromatic rings. The molecule has 1 atom stereocenters. The summed E-state index contributed by atoms with van der Waals surface area (Å²) in [6, 6.07) is 13.7. The minimum Gasteiger partial charge on any atom is -0.493 e. The maximum absolute atomic E-state index is 14.1. The average Bonchev–Trinajstić information content (AvgIpc) is 3.81. The number of rotatable bonds is 5. The normalized spacial score (nSPS) is 18.6. The molecule has 0 saturated heterocycles. The fraction of sp³-hybridized carbons (Fsp3) is 0.444. The van der Waals surface area contributed by atoms with Gasteiger partial charge in [0.1, 0.15) is 6.04 Å². The number of carbonyl (C=O) groups is 3. The number of methoxy groups -OCH3 is 1. The molecule has 13 nitrogen and oxygen atoms in total. The number of carbonyl (C=O) groups excluding carboxylic acids is 3. The molecular formula is C36H44N8O5. The van der Waals surface area contributed by atoms with E-state index in [9.17, 15) is 14.4 Å². The van der Waals surface area contributed by atoms with Gasteiger partial charge < -0.3 is 25.0 Å². The zero-order valence-electron chi connectivity index (χ0n) is 27.9. The van der Waals surface area contributed by atoms with Crippen molar-refractivity contribution < 1.29 is 23.9 Å². The van der Waals surface area contributed by atoms with Crippen molar-refractivity contribution in [2.45, 2.75) is 69.9 Å². The van der Waals surface area contributed by atoms with Crippen LogP contribution in [0.15, 0.2) is 60.9 Å². The first-order valence-corrected chi connectivity index (χ1v) is 17.1. The molecule has 1 aliphatic heterocycles. The van der Waals surface area contributed by atoms with Gasteiger partial charge in [0.2, 0.25) is 5.91 Å². The fourth-order valence-electron chi connectivity index (χ4n) is 6.60. The summed E-state index contributed by atoms with van der Waals surface area (Å²) < 4.78 is 13.4. The van der Waals surface area contributed by atoms with Crippen LogP contribution in [0.1, 0.15) is 82.1 Å². The van der Waals surface area contributed by atoms with Gasteiger partial charge in [-0.3, -0.25) is 24.2 Å². The number of fused-ring (bicyclic) bond motifs is 3. The number of aryl methyl sites for hydroxylation is 1. The molecule has 0 unspecified atom stereocenters. The molecule has 1 fully saturated rings. The zero-order valence-corrected chi connectivity index (χ0v) is 27.9. The van der Waals surface area contributed by atoms with Gasteiger partial charge in [0, 0.05) is 57.6 Å². The van der Waals surface area contributed by atoms with Crippen molar-refractivity contribution in [1.29, 1.82) is 0 Å². The Morgan fingerprint density at radius 2 is 1.84 bits per heavy atom. The van der Waals surface area contributed by atoms with Crippen molar-refractivity contribution >= 4 is 17.7 Å². The van der Waals surface area contributed by atoms with Crippen molar-refractivity contribution in [3.8, 4) is 11.5 Å². The summed E-state index contributed by atoms with van der Waals surface area (Å²) in [7, 11) is 1.52. The number of nitrogens with zero attached hydrogens (tertiary/aromatic N) is 5. The molecule has 0 radical (unpaired) electrons. The molecule has 0 spiro atoms. The highest BCUT2D eigenvalue weighted by molar-refractivity contribution is 6.00. The number of nitrogens with one attached hydrogen (secondary N) is 3. The van der Waals surface area contributed by atoms with Crippen molar-refractivity contribution in [3.05, 3.63) is 89.0 Å². The maximum Gasteiger partial charge on any atom is 0.257 e. The summed E-state index contributed by atoms with van der Waals surface area (Å²) in [6.07, 6.45) is 10.4. The van der Waals surface area contributed by atoms with Gasteiger partial charge in [0.15, 0.2) is 11.5 Å². The van der Waals surface area contributed by atoms with Crippen LogP contribution in [-0.4, -0.2) is 87.2 Å². The van der Waals surface area contributed by atoms with Crippen molar-refractivity contribution in [2.24, 2.45) is 0 Å². The second-order valence-electron chi connectivity index (χ2n) is 12.6. The van der Waals surface area contributed by atoms with Crippen LogP contribution in [0.25, 0.3) is 0 Å². The molecule has 2 aliphatic rings. The Hall–Kier alpha value is -5.20. The van der Waals surface area contributed by atoms with E-state index in [1.54, 1.807) is 34.0 Å². The number of para-hydroxylation sites is 1. The molecule has 6 rings (SSSR count). The first kappa shape index (κ1) is 33.7. The highest BCUT2D eigenvalue weighted by Crippen LogP contribution is 2.34. The smallest absolute Gasteiger partial charge is 0.257 e. The molecular weight excluding hydrogens is 624 g/mol. The Kier molecular flexibility index (Phi) is 11.2. The summed E-state index contributed by atoms with van der Waals surface area (Å²) in [5, 5.41) is 21.9.